The number of hydrogen-bond acceptors (Lipinski definition) is 2. The minimum Gasteiger partial charge on any atom is -0.497 e. The Morgan fingerprint density at radius 2 is 1.95 bits per heavy atom. The summed E-state index contributed by atoms with van der Waals surface area (Å²) in [6.07, 6.45) is 2.11. The number of aromatic nitrogens is 2. The lowest BCUT2D eigenvalue weighted by atomic mass is 10.2. The molecule has 0 saturated carbocycles. The Labute approximate surface area is 118 Å². The number of nitrogens with zero attached hydrogens (tertiary/aromatic N) is 2. The van der Waals surface area contributed by atoms with Crippen molar-refractivity contribution in [2.24, 2.45) is 0 Å². The quantitative estimate of drug-likeness (QED) is 0.722. The van der Waals surface area contributed by atoms with Gasteiger partial charge in [-0.1, -0.05) is 12.1 Å². The van der Waals surface area contributed by atoms with Crippen LogP contribution in [0.1, 0.15) is 17.0 Å². The minimum absolute atomic E-state index is 0.755. The Balaban J connectivity index is 2.00. The Hall–Kier alpha value is -2.29. The van der Waals surface area contributed by atoms with Crippen molar-refractivity contribution in [3.05, 3.63) is 59.5 Å². The zero-order valence-corrected chi connectivity index (χ0v) is 12.1. The molecule has 0 fully saturated rings. The van der Waals surface area contributed by atoms with E-state index in [9.17, 15) is 0 Å². The monoisotopic (exact) mass is 266 g/mol. The molecule has 0 aliphatic heterocycles. The molecule has 0 aliphatic carbocycles. The topological polar surface area (TPSA) is 27.1 Å². The van der Waals surface area contributed by atoms with E-state index in [1.807, 2.05) is 19.1 Å². The first-order valence-corrected chi connectivity index (χ1v) is 6.73. The molecule has 2 heterocycles. The van der Waals surface area contributed by atoms with E-state index in [-0.39, 0.29) is 0 Å². The lowest BCUT2D eigenvalue weighted by Crippen LogP contribution is -2.02. The molecule has 102 valence electrons. The summed E-state index contributed by atoms with van der Waals surface area (Å²) in [6.45, 7) is 4.86. The van der Waals surface area contributed by atoms with Crippen LogP contribution >= 0.6 is 0 Å². The summed E-state index contributed by atoms with van der Waals surface area (Å²) in [5, 5.41) is 1.26. The molecule has 1 aromatic carbocycles. The molecule has 3 heteroatoms. The van der Waals surface area contributed by atoms with E-state index in [0.717, 1.165) is 23.7 Å². The molecule has 0 bridgehead atoms. The SMILES string of the molecule is COc1cc(C)nc(Cn2ccc3ccc(C)cc32)c1. The molecule has 0 N–H and O–H groups in total. The molecule has 0 atom stereocenters. The number of fused-ring (bicyclic) bond motifs is 1. The van der Waals surface area contributed by atoms with Gasteiger partial charge in [0, 0.05) is 29.5 Å². The summed E-state index contributed by atoms with van der Waals surface area (Å²) in [6, 6.07) is 12.6. The summed E-state index contributed by atoms with van der Waals surface area (Å²) in [5.41, 5.74) is 4.51. The third kappa shape index (κ3) is 2.39. The number of ether oxygens (including phenoxy) is 1. The lowest BCUT2D eigenvalue weighted by molar-refractivity contribution is 0.413. The maximum Gasteiger partial charge on any atom is 0.122 e. The first kappa shape index (κ1) is 12.7. The first-order valence-electron chi connectivity index (χ1n) is 6.73. The van der Waals surface area contributed by atoms with Crippen LogP contribution in [-0.4, -0.2) is 16.7 Å². The largest absolute Gasteiger partial charge is 0.497 e. The van der Waals surface area contributed by atoms with Gasteiger partial charge in [0.25, 0.3) is 0 Å². The molecular formula is C17H18N2O. The van der Waals surface area contributed by atoms with Crippen LogP contribution in [0.2, 0.25) is 0 Å². The third-order valence-corrected chi connectivity index (χ3v) is 3.48. The van der Waals surface area contributed by atoms with E-state index in [1.165, 1.54) is 16.5 Å². The van der Waals surface area contributed by atoms with Crippen LogP contribution in [0.3, 0.4) is 0 Å². The van der Waals surface area contributed by atoms with Gasteiger partial charge in [-0.3, -0.25) is 4.98 Å². The van der Waals surface area contributed by atoms with Gasteiger partial charge in [-0.2, -0.15) is 0 Å². The third-order valence-electron chi connectivity index (χ3n) is 3.48. The standard InChI is InChI=1S/C17H18N2O/c1-12-4-5-14-6-7-19(17(14)8-12)11-15-10-16(20-3)9-13(2)18-15/h4-10H,11H2,1-3H3. The van der Waals surface area contributed by atoms with Crippen LogP contribution in [0.25, 0.3) is 10.9 Å². The molecule has 0 amide bonds. The molecule has 2 aromatic heterocycles. The zero-order chi connectivity index (χ0) is 14.1. The fraction of sp³-hybridized carbons (Fsp3) is 0.235. The van der Waals surface area contributed by atoms with E-state index < -0.39 is 0 Å². The molecular weight excluding hydrogens is 248 g/mol. The van der Waals surface area contributed by atoms with E-state index in [0.29, 0.717) is 0 Å². The van der Waals surface area contributed by atoms with Crippen molar-refractivity contribution in [3.8, 4) is 5.75 Å². The van der Waals surface area contributed by atoms with Crippen molar-refractivity contribution < 1.29 is 4.74 Å². The highest BCUT2D eigenvalue weighted by molar-refractivity contribution is 5.80. The molecule has 0 spiro atoms. The smallest absolute Gasteiger partial charge is 0.122 e. The average Bonchev–Trinajstić information content (AvgIpc) is 2.80. The average molecular weight is 266 g/mol. The minimum atomic E-state index is 0.755. The van der Waals surface area contributed by atoms with Crippen LogP contribution in [-0.2, 0) is 6.54 Å². The second-order valence-electron chi connectivity index (χ2n) is 5.15. The second-order valence-corrected chi connectivity index (χ2v) is 5.15. The lowest BCUT2D eigenvalue weighted by Gasteiger charge is -2.08. The molecule has 0 saturated heterocycles. The Morgan fingerprint density at radius 3 is 2.75 bits per heavy atom. The van der Waals surface area contributed by atoms with Crippen LogP contribution in [0.5, 0.6) is 5.75 Å². The number of hydrogen-bond donors (Lipinski definition) is 0. The molecule has 3 nitrogen and oxygen atoms in total. The van der Waals surface area contributed by atoms with Crippen LogP contribution in [0.15, 0.2) is 42.6 Å². The summed E-state index contributed by atoms with van der Waals surface area (Å²) < 4.78 is 7.54. The Kier molecular flexibility index (Phi) is 3.18. The van der Waals surface area contributed by atoms with Gasteiger partial charge in [0.1, 0.15) is 5.75 Å². The van der Waals surface area contributed by atoms with Crippen molar-refractivity contribution in [1.82, 2.24) is 9.55 Å². The highest BCUT2D eigenvalue weighted by Gasteiger charge is 2.05. The van der Waals surface area contributed by atoms with Crippen molar-refractivity contribution in [3.63, 3.8) is 0 Å². The van der Waals surface area contributed by atoms with Gasteiger partial charge in [0.2, 0.25) is 0 Å². The zero-order valence-electron chi connectivity index (χ0n) is 12.1. The predicted molar refractivity (Wildman–Crippen MR) is 81.3 cm³/mol. The van der Waals surface area contributed by atoms with Crippen LogP contribution in [0.4, 0.5) is 0 Å². The van der Waals surface area contributed by atoms with Crippen molar-refractivity contribution in [2.45, 2.75) is 20.4 Å². The van der Waals surface area contributed by atoms with Gasteiger partial charge in [-0.15, -0.1) is 0 Å². The molecule has 20 heavy (non-hydrogen) atoms. The fourth-order valence-electron chi connectivity index (χ4n) is 2.51. The summed E-state index contributed by atoms with van der Waals surface area (Å²) in [4.78, 5) is 4.59. The highest BCUT2D eigenvalue weighted by Crippen LogP contribution is 2.20. The van der Waals surface area contributed by atoms with Crippen LogP contribution in [0, 0.1) is 13.8 Å². The number of aryl methyl sites for hydroxylation is 2. The predicted octanol–water partition coefficient (Wildman–Crippen LogP) is 3.71. The Bertz CT molecular complexity index is 759. The van der Waals surface area contributed by atoms with Gasteiger partial charge in [0.15, 0.2) is 0 Å². The number of rotatable bonds is 3. The number of pyridine rings is 1. The highest BCUT2D eigenvalue weighted by atomic mass is 16.5. The number of benzene rings is 1. The van der Waals surface area contributed by atoms with E-state index >= 15 is 0 Å². The van der Waals surface area contributed by atoms with Gasteiger partial charge in [-0.25, -0.2) is 0 Å². The normalized spacial score (nSPS) is 10.9. The maximum atomic E-state index is 5.31. The molecule has 3 aromatic rings. The first-order chi connectivity index (χ1) is 9.65. The van der Waals surface area contributed by atoms with Crippen molar-refractivity contribution >= 4 is 10.9 Å². The summed E-state index contributed by atoms with van der Waals surface area (Å²) in [5.74, 6) is 0.861. The van der Waals surface area contributed by atoms with Gasteiger partial charge >= 0.3 is 0 Å². The van der Waals surface area contributed by atoms with Crippen molar-refractivity contribution in [2.75, 3.05) is 7.11 Å². The summed E-state index contributed by atoms with van der Waals surface area (Å²) in [7, 11) is 1.69. The fourth-order valence-corrected chi connectivity index (χ4v) is 2.51. The second kappa shape index (κ2) is 5.00. The molecule has 0 unspecified atom stereocenters. The van der Waals surface area contributed by atoms with Gasteiger partial charge < -0.3 is 9.30 Å². The van der Waals surface area contributed by atoms with E-state index in [2.05, 4.69) is 46.9 Å². The van der Waals surface area contributed by atoms with E-state index in [4.69, 9.17) is 4.74 Å². The van der Waals surface area contributed by atoms with Crippen molar-refractivity contribution in [1.29, 1.82) is 0 Å². The molecule has 0 radical (unpaired) electrons. The van der Waals surface area contributed by atoms with Crippen LogP contribution < -0.4 is 4.74 Å². The molecule has 3 rings (SSSR count). The maximum absolute atomic E-state index is 5.31. The van der Waals surface area contributed by atoms with E-state index in [1.54, 1.807) is 7.11 Å². The van der Waals surface area contributed by atoms with Gasteiger partial charge in [-0.05, 0) is 36.9 Å². The number of methoxy groups -OCH3 is 1. The molecule has 0 aliphatic rings. The summed E-state index contributed by atoms with van der Waals surface area (Å²) >= 11 is 0. The van der Waals surface area contributed by atoms with Gasteiger partial charge in [0.05, 0.1) is 19.3 Å². The Morgan fingerprint density at radius 1 is 1.10 bits per heavy atom.